The minimum atomic E-state index is 0.882. The van der Waals surface area contributed by atoms with Crippen molar-refractivity contribution in [1.82, 2.24) is 13.7 Å². The van der Waals surface area contributed by atoms with E-state index >= 15 is 0 Å². The fraction of sp³-hybridized carbons (Fsp3) is 0. The van der Waals surface area contributed by atoms with Gasteiger partial charge in [-0.3, -0.25) is 0 Å². The quantitative estimate of drug-likeness (QED) is 0.177. The molecule has 0 aliphatic carbocycles. The molecular weight excluding hydrogens is 707 g/mol. The van der Waals surface area contributed by atoms with E-state index in [0.717, 1.165) is 61.1 Å². The molecule has 4 heteroatoms. The van der Waals surface area contributed by atoms with Gasteiger partial charge in [-0.1, -0.05) is 140 Å². The lowest BCUT2D eigenvalue weighted by Gasteiger charge is -2.12. The Labute approximate surface area is 332 Å². The van der Waals surface area contributed by atoms with Gasteiger partial charge < -0.3 is 18.1 Å². The molecule has 0 saturated heterocycles. The molecule has 0 unspecified atom stereocenters. The van der Waals surface area contributed by atoms with E-state index in [1.807, 2.05) is 6.07 Å². The fourth-order valence-electron chi connectivity index (χ4n) is 9.83. The van der Waals surface area contributed by atoms with E-state index in [1.165, 1.54) is 54.5 Å². The number of hydrogen-bond acceptors (Lipinski definition) is 1. The van der Waals surface area contributed by atoms with Crippen molar-refractivity contribution >= 4 is 87.4 Å². The first-order valence-corrected chi connectivity index (χ1v) is 19.9. The highest BCUT2D eigenvalue weighted by molar-refractivity contribution is 6.33. The lowest BCUT2D eigenvalue weighted by atomic mass is 10.0. The molecule has 270 valence electrons. The Bertz CT molecular complexity index is 3790. The minimum absolute atomic E-state index is 0.882. The van der Waals surface area contributed by atoms with Gasteiger partial charge in [-0.15, -0.1) is 0 Å². The third kappa shape index (κ3) is 4.23. The van der Waals surface area contributed by atoms with Crippen molar-refractivity contribution in [1.29, 1.82) is 0 Å². The SMILES string of the molecule is c1ccc(-c2cccc(-n3c4ccccc4c4ccc5c(c6c(ccc7c8ccccc8n(-c8cccc9c8oc8ccccc89)c76)n5-c5ccccc5)c43)c2)cc1. The Hall–Kier alpha value is -7.82. The smallest absolute Gasteiger partial charge is 0.159 e. The molecule has 0 N–H and O–H groups in total. The van der Waals surface area contributed by atoms with Gasteiger partial charge in [0.25, 0.3) is 0 Å². The largest absolute Gasteiger partial charge is 0.454 e. The van der Waals surface area contributed by atoms with E-state index < -0.39 is 0 Å². The number of furan rings is 1. The summed E-state index contributed by atoms with van der Waals surface area (Å²) in [4.78, 5) is 0. The summed E-state index contributed by atoms with van der Waals surface area (Å²) in [7, 11) is 0. The second kappa shape index (κ2) is 11.8. The topological polar surface area (TPSA) is 27.9 Å². The van der Waals surface area contributed by atoms with Gasteiger partial charge in [-0.2, -0.15) is 0 Å². The van der Waals surface area contributed by atoms with E-state index in [9.17, 15) is 0 Å². The molecule has 0 fully saturated rings. The Morgan fingerprint density at radius 2 is 0.845 bits per heavy atom. The zero-order valence-electron chi connectivity index (χ0n) is 31.3. The van der Waals surface area contributed by atoms with Crippen LogP contribution in [0.1, 0.15) is 0 Å². The van der Waals surface area contributed by atoms with Crippen LogP contribution in [0.2, 0.25) is 0 Å². The third-order valence-electron chi connectivity index (χ3n) is 12.2. The summed E-state index contributed by atoms with van der Waals surface area (Å²) in [5.41, 5.74) is 14.4. The average Bonchev–Trinajstić information content (AvgIpc) is 4.03. The van der Waals surface area contributed by atoms with Gasteiger partial charge in [0.15, 0.2) is 5.58 Å². The molecule has 13 rings (SSSR count). The van der Waals surface area contributed by atoms with Crippen LogP contribution in [0.4, 0.5) is 0 Å². The van der Waals surface area contributed by atoms with Gasteiger partial charge in [-0.25, -0.2) is 0 Å². The van der Waals surface area contributed by atoms with E-state index in [2.05, 4.69) is 208 Å². The number of rotatable bonds is 4. The van der Waals surface area contributed by atoms with Crippen molar-refractivity contribution in [3.05, 3.63) is 200 Å². The first-order chi connectivity index (χ1) is 28.8. The lowest BCUT2D eigenvalue weighted by molar-refractivity contribution is 0.666. The van der Waals surface area contributed by atoms with Crippen LogP contribution in [-0.4, -0.2) is 13.7 Å². The van der Waals surface area contributed by atoms with Gasteiger partial charge in [0.1, 0.15) is 5.58 Å². The van der Waals surface area contributed by atoms with Crippen molar-refractivity contribution < 1.29 is 4.42 Å². The predicted octanol–water partition coefficient (Wildman–Crippen LogP) is 14.5. The summed E-state index contributed by atoms with van der Waals surface area (Å²) in [5.74, 6) is 0. The third-order valence-corrected chi connectivity index (χ3v) is 12.2. The molecule has 0 radical (unpaired) electrons. The van der Waals surface area contributed by atoms with E-state index in [1.54, 1.807) is 0 Å². The molecular formula is C54H33N3O. The highest BCUT2D eigenvalue weighted by Crippen LogP contribution is 2.47. The lowest BCUT2D eigenvalue weighted by Crippen LogP contribution is -1.96. The van der Waals surface area contributed by atoms with E-state index in [-0.39, 0.29) is 0 Å². The van der Waals surface area contributed by atoms with Gasteiger partial charge >= 0.3 is 0 Å². The average molecular weight is 740 g/mol. The maximum Gasteiger partial charge on any atom is 0.159 e. The van der Waals surface area contributed by atoms with Gasteiger partial charge in [0.2, 0.25) is 0 Å². The second-order valence-electron chi connectivity index (χ2n) is 15.3. The molecule has 58 heavy (non-hydrogen) atoms. The summed E-state index contributed by atoms with van der Waals surface area (Å²) in [6.45, 7) is 0. The van der Waals surface area contributed by atoms with Crippen LogP contribution in [0.3, 0.4) is 0 Å². The summed E-state index contributed by atoms with van der Waals surface area (Å²) in [6, 6.07) is 72.4. The van der Waals surface area contributed by atoms with Gasteiger partial charge in [0.05, 0.1) is 38.8 Å². The molecule has 0 aliphatic heterocycles. The van der Waals surface area contributed by atoms with Crippen LogP contribution in [0.25, 0.3) is 116 Å². The summed E-state index contributed by atoms with van der Waals surface area (Å²) in [5, 5.41) is 9.50. The zero-order valence-corrected chi connectivity index (χ0v) is 31.3. The Morgan fingerprint density at radius 3 is 1.57 bits per heavy atom. The highest BCUT2D eigenvalue weighted by atomic mass is 16.3. The standard InChI is InChI=1S/C54H33N3O/c1-3-15-34(16-4-1)35-17-13-20-37(33-35)56-44-25-10-7-21-38(44)41-29-31-46-50(52(41)56)51-47(55(46)36-18-5-2-6-19-36)32-30-42-39-22-8-11-26-45(39)57(53(42)51)48-27-14-24-43-40-23-9-12-28-49(40)58-54(43)48/h1-33H. The Kier molecular flexibility index (Phi) is 6.41. The van der Waals surface area contributed by atoms with Crippen molar-refractivity contribution in [2.24, 2.45) is 0 Å². The molecule has 0 bridgehead atoms. The molecule has 0 atom stereocenters. The first-order valence-electron chi connectivity index (χ1n) is 19.9. The molecule has 4 aromatic heterocycles. The number of benzene rings is 9. The fourth-order valence-corrected chi connectivity index (χ4v) is 9.83. The van der Waals surface area contributed by atoms with Crippen LogP contribution >= 0.6 is 0 Å². The second-order valence-corrected chi connectivity index (χ2v) is 15.3. The maximum atomic E-state index is 6.78. The molecule has 0 amide bonds. The Morgan fingerprint density at radius 1 is 0.310 bits per heavy atom. The summed E-state index contributed by atoms with van der Waals surface area (Å²) >= 11 is 0. The maximum absolute atomic E-state index is 6.78. The normalized spacial score (nSPS) is 12.1. The first kappa shape index (κ1) is 31.4. The van der Waals surface area contributed by atoms with Crippen LogP contribution in [0.15, 0.2) is 205 Å². The number of aromatic nitrogens is 3. The minimum Gasteiger partial charge on any atom is -0.454 e. The molecule has 13 aromatic rings. The number of fused-ring (bicyclic) bond motifs is 14. The van der Waals surface area contributed by atoms with Crippen molar-refractivity contribution in [3.8, 4) is 28.2 Å². The number of hydrogen-bond donors (Lipinski definition) is 0. The molecule has 4 nitrogen and oxygen atoms in total. The predicted molar refractivity (Wildman–Crippen MR) is 242 cm³/mol. The van der Waals surface area contributed by atoms with E-state index in [0.29, 0.717) is 0 Å². The molecule has 0 spiro atoms. The molecule has 0 aliphatic rings. The van der Waals surface area contributed by atoms with Crippen LogP contribution in [0, 0.1) is 0 Å². The van der Waals surface area contributed by atoms with Crippen LogP contribution < -0.4 is 0 Å². The highest BCUT2D eigenvalue weighted by Gasteiger charge is 2.26. The monoisotopic (exact) mass is 739 g/mol. The molecule has 4 heterocycles. The van der Waals surface area contributed by atoms with E-state index in [4.69, 9.17) is 4.42 Å². The van der Waals surface area contributed by atoms with Crippen LogP contribution in [-0.2, 0) is 0 Å². The molecule has 0 saturated carbocycles. The number of nitrogens with zero attached hydrogens (tertiary/aromatic N) is 3. The van der Waals surface area contributed by atoms with Crippen molar-refractivity contribution in [2.45, 2.75) is 0 Å². The zero-order chi connectivity index (χ0) is 37.9. The van der Waals surface area contributed by atoms with Crippen LogP contribution in [0.5, 0.6) is 0 Å². The Balaban J connectivity index is 1.27. The van der Waals surface area contributed by atoms with Gasteiger partial charge in [0, 0.05) is 54.5 Å². The summed E-state index contributed by atoms with van der Waals surface area (Å²) in [6.07, 6.45) is 0. The van der Waals surface area contributed by atoms with Crippen molar-refractivity contribution in [3.63, 3.8) is 0 Å². The molecule has 9 aromatic carbocycles. The number of para-hydroxylation sites is 5. The summed E-state index contributed by atoms with van der Waals surface area (Å²) < 4.78 is 14.2. The van der Waals surface area contributed by atoms with Crippen molar-refractivity contribution in [2.75, 3.05) is 0 Å². The van der Waals surface area contributed by atoms with Gasteiger partial charge in [-0.05, 0) is 71.8 Å².